The summed E-state index contributed by atoms with van der Waals surface area (Å²) < 4.78 is 17.4. The van der Waals surface area contributed by atoms with Gasteiger partial charge in [0.2, 0.25) is 0 Å². The summed E-state index contributed by atoms with van der Waals surface area (Å²) in [6.45, 7) is 2.06. The van der Waals surface area contributed by atoms with Crippen molar-refractivity contribution in [3.05, 3.63) is 27.7 Å². The quantitative estimate of drug-likeness (QED) is 0.847. The van der Waals surface area contributed by atoms with Gasteiger partial charge in [0, 0.05) is 10.9 Å². The highest BCUT2D eigenvalue weighted by Gasteiger charge is 2.14. The van der Waals surface area contributed by atoms with Crippen LogP contribution in [0.3, 0.4) is 0 Å². The summed E-state index contributed by atoms with van der Waals surface area (Å²) in [5.41, 5.74) is 0. The summed E-state index contributed by atoms with van der Waals surface area (Å²) in [4.78, 5) is 0. The van der Waals surface area contributed by atoms with Crippen LogP contribution in [0.4, 0.5) is 0 Å². The van der Waals surface area contributed by atoms with E-state index in [4.69, 9.17) is 25.8 Å². The van der Waals surface area contributed by atoms with Crippen molar-refractivity contribution in [2.24, 2.45) is 0 Å². The van der Waals surface area contributed by atoms with Gasteiger partial charge in [-0.2, -0.15) is 0 Å². The smallest absolute Gasteiger partial charge is 0.160 e. The number of benzene rings is 1. The van der Waals surface area contributed by atoms with Gasteiger partial charge in [0.25, 0.3) is 0 Å². The van der Waals surface area contributed by atoms with Crippen LogP contribution in [-0.2, 0) is 9.47 Å². The Morgan fingerprint density at radius 3 is 2.88 bits per heavy atom. The molecule has 1 aliphatic heterocycles. The number of hydrogen-bond donors (Lipinski definition) is 0. The molecule has 1 aromatic rings. The minimum absolute atomic E-state index is 0.144. The molecule has 94 valence electrons. The maximum atomic E-state index is 6.01. The number of halogens is 2. The van der Waals surface area contributed by atoms with Crippen LogP contribution in [0.15, 0.2) is 22.7 Å². The van der Waals surface area contributed by atoms with Crippen molar-refractivity contribution in [1.82, 2.24) is 0 Å². The lowest BCUT2D eigenvalue weighted by molar-refractivity contribution is -0.183. The van der Waals surface area contributed by atoms with Gasteiger partial charge in [0.15, 0.2) is 6.29 Å². The summed E-state index contributed by atoms with van der Waals surface area (Å²) in [7, 11) is 0. The van der Waals surface area contributed by atoms with Gasteiger partial charge >= 0.3 is 0 Å². The van der Waals surface area contributed by atoms with Gasteiger partial charge in [-0.15, -0.1) is 0 Å². The van der Waals surface area contributed by atoms with Crippen molar-refractivity contribution in [3.8, 4) is 5.75 Å². The van der Waals surface area contributed by atoms with Gasteiger partial charge in [-0.3, -0.25) is 0 Å². The van der Waals surface area contributed by atoms with Crippen molar-refractivity contribution in [1.29, 1.82) is 0 Å². The zero-order chi connectivity index (χ0) is 12.1. The maximum absolute atomic E-state index is 6.01. The van der Waals surface area contributed by atoms with Gasteiger partial charge < -0.3 is 14.2 Å². The molecule has 0 atom stereocenters. The van der Waals surface area contributed by atoms with E-state index in [1.165, 1.54) is 0 Å². The predicted molar refractivity (Wildman–Crippen MR) is 69.6 cm³/mol. The van der Waals surface area contributed by atoms with Crippen molar-refractivity contribution >= 4 is 27.5 Å². The van der Waals surface area contributed by atoms with E-state index in [9.17, 15) is 0 Å². The fraction of sp³-hybridized carbons (Fsp3) is 0.500. The monoisotopic (exact) mass is 320 g/mol. The third-order valence-corrected chi connectivity index (χ3v) is 3.21. The second kappa shape index (κ2) is 6.59. The molecular weight excluding hydrogens is 307 g/mol. The minimum atomic E-state index is -0.144. The van der Waals surface area contributed by atoms with Crippen LogP contribution < -0.4 is 4.74 Å². The van der Waals surface area contributed by atoms with E-state index in [1.54, 1.807) is 6.07 Å². The number of hydrogen-bond acceptors (Lipinski definition) is 3. The van der Waals surface area contributed by atoms with Gasteiger partial charge in [-0.05, 0) is 24.6 Å². The first-order chi connectivity index (χ1) is 8.25. The number of ether oxygens (including phenoxy) is 3. The molecule has 1 heterocycles. The van der Waals surface area contributed by atoms with E-state index in [1.807, 2.05) is 12.1 Å². The average Bonchev–Trinajstić information content (AvgIpc) is 2.35. The lowest BCUT2D eigenvalue weighted by Crippen LogP contribution is -2.26. The fourth-order valence-electron chi connectivity index (χ4n) is 1.56. The van der Waals surface area contributed by atoms with E-state index >= 15 is 0 Å². The first kappa shape index (κ1) is 13.1. The van der Waals surface area contributed by atoms with Crippen molar-refractivity contribution in [3.63, 3.8) is 0 Å². The lowest BCUT2D eigenvalue weighted by atomic mass is 10.3. The van der Waals surface area contributed by atoms with Crippen LogP contribution in [0, 0.1) is 0 Å². The van der Waals surface area contributed by atoms with Crippen LogP contribution in [0.2, 0.25) is 5.02 Å². The van der Waals surface area contributed by atoms with E-state index < -0.39 is 0 Å². The molecule has 0 aliphatic carbocycles. The zero-order valence-corrected chi connectivity index (χ0v) is 11.7. The molecule has 1 fully saturated rings. The van der Waals surface area contributed by atoms with Crippen LogP contribution in [0.25, 0.3) is 0 Å². The van der Waals surface area contributed by atoms with Crippen molar-refractivity contribution in [2.75, 3.05) is 19.8 Å². The molecule has 17 heavy (non-hydrogen) atoms. The van der Waals surface area contributed by atoms with Gasteiger partial charge in [0.05, 0.1) is 24.8 Å². The highest BCUT2D eigenvalue weighted by Crippen LogP contribution is 2.28. The largest absolute Gasteiger partial charge is 0.492 e. The number of rotatable bonds is 4. The molecule has 1 aromatic carbocycles. The van der Waals surface area contributed by atoms with Gasteiger partial charge in [-0.1, -0.05) is 27.5 Å². The second-order valence-corrected chi connectivity index (χ2v) is 5.06. The van der Waals surface area contributed by atoms with Gasteiger partial charge in [-0.25, -0.2) is 0 Å². The van der Waals surface area contributed by atoms with E-state index in [0.717, 1.165) is 24.1 Å². The van der Waals surface area contributed by atoms with E-state index in [2.05, 4.69) is 15.9 Å². The zero-order valence-electron chi connectivity index (χ0n) is 9.33. The van der Waals surface area contributed by atoms with Crippen LogP contribution in [0.5, 0.6) is 5.75 Å². The third-order valence-electron chi connectivity index (χ3n) is 2.40. The Bertz CT molecular complexity index is 367. The molecule has 0 amide bonds. The van der Waals surface area contributed by atoms with Crippen molar-refractivity contribution in [2.45, 2.75) is 19.1 Å². The average molecular weight is 322 g/mol. The van der Waals surface area contributed by atoms with Gasteiger partial charge in [0.1, 0.15) is 5.75 Å². The summed E-state index contributed by atoms with van der Waals surface area (Å²) in [5, 5.41) is 0.610. The predicted octanol–water partition coefficient (Wildman–Crippen LogP) is 3.63. The molecular formula is C12H14BrClO3. The molecule has 5 heteroatoms. The Kier molecular flexibility index (Phi) is 5.10. The van der Waals surface area contributed by atoms with Crippen LogP contribution in [0.1, 0.15) is 12.8 Å². The summed E-state index contributed by atoms with van der Waals surface area (Å²) in [5.74, 6) is 0.678. The molecule has 0 aromatic heterocycles. The standard InChI is InChI=1S/C12H14BrClO3/c13-9-2-3-10(14)11(8-9)15-7-4-12-16-5-1-6-17-12/h2-3,8,12H,1,4-7H2. The molecule has 0 saturated carbocycles. The van der Waals surface area contributed by atoms with Crippen LogP contribution >= 0.6 is 27.5 Å². The molecule has 1 saturated heterocycles. The van der Waals surface area contributed by atoms with Crippen LogP contribution in [-0.4, -0.2) is 26.1 Å². The van der Waals surface area contributed by atoms with Crippen molar-refractivity contribution < 1.29 is 14.2 Å². The normalized spacial score (nSPS) is 17.1. The SMILES string of the molecule is Clc1ccc(Br)cc1OCCC1OCCCO1. The first-order valence-electron chi connectivity index (χ1n) is 5.57. The molecule has 2 rings (SSSR count). The molecule has 0 spiro atoms. The Morgan fingerprint density at radius 2 is 2.12 bits per heavy atom. The topological polar surface area (TPSA) is 27.7 Å². The minimum Gasteiger partial charge on any atom is -0.492 e. The molecule has 1 aliphatic rings. The Morgan fingerprint density at radius 1 is 1.35 bits per heavy atom. The summed E-state index contributed by atoms with van der Waals surface area (Å²) in [6.07, 6.45) is 1.53. The fourth-order valence-corrected chi connectivity index (χ4v) is 2.07. The molecule has 3 nitrogen and oxygen atoms in total. The maximum Gasteiger partial charge on any atom is 0.160 e. The van der Waals surface area contributed by atoms with E-state index in [0.29, 0.717) is 23.8 Å². The molecule has 0 unspecified atom stereocenters. The lowest BCUT2D eigenvalue weighted by Gasteiger charge is -2.23. The molecule has 0 N–H and O–H groups in total. The Hall–Kier alpha value is -0.290. The first-order valence-corrected chi connectivity index (χ1v) is 6.74. The highest BCUT2D eigenvalue weighted by atomic mass is 79.9. The second-order valence-electron chi connectivity index (χ2n) is 3.74. The molecule has 0 radical (unpaired) electrons. The summed E-state index contributed by atoms with van der Waals surface area (Å²) >= 11 is 9.39. The highest BCUT2D eigenvalue weighted by molar-refractivity contribution is 9.10. The molecule has 0 bridgehead atoms. The Labute approximate surface area is 114 Å². The van der Waals surface area contributed by atoms with E-state index in [-0.39, 0.29) is 6.29 Å². The summed E-state index contributed by atoms with van der Waals surface area (Å²) in [6, 6.07) is 5.53. The third kappa shape index (κ3) is 4.14. The Balaban J connectivity index is 1.79.